The molecular formula is C20H18N2O2. The van der Waals surface area contributed by atoms with Crippen molar-refractivity contribution in [1.29, 1.82) is 0 Å². The predicted octanol–water partition coefficient (Wildman–Crippen LogP) is 4.21. The quantitative estimate of drug-likeness (QED) is 0.679. The average molecular weight is 318 g/mol. The number of aryl methyl sites for hydroxylation is 2. The van der Waals surface area contributed by atoms with E-state index in [0.717, 1.165) is 28.1 Å². The zero-order valence-electron chi connectivity index (χ0n) is 13.9. The number of carbonyl (C=O) groups excluding carboxylic acids is 1. The van der Waals surface area contributed by atoms with Crippen molar-refractivity contribution in [2.75, 3.05) is 7.11 Å². The van der Waals surface area contributed by atoms with E-state index in [0.29, 0.717) is 11.3 Å². The molecule has 0 aliphatic carbocycles. The number of pyridine rings is 2. The van der Waals surface area contributed by atoms with Crippen molar-refractivity contribution in [2.45, 2.75) is 13.8 Å². The maximum absolute atomic E-state index is 12.3. The Morgan fingerprint density at radius 3 is 2.38 bits per heavy atom. The highest BCUT2D eigenvalue weighted by Crippen LogP contribution is 2.30. The number of nitrogens with zero attached hydrogens (tertiary/aromatic N) is 2. The van der Waals surface area contributed by atoms with Gasteiger partial charge in [0.2, 0.25) is 0 Å². The number of carbonyl (C=O) groups is 1. The van der Waals surface area contributed by atoms with E-state index >= 15 is 0 Å². The van der Waals surface area contributed by atoms with Gasteiger partial charge in [-0.05, 0) is 37.6 Å². The monoisotopic (exact) mass is 318 g/mol. The van der Waals surface area contributed by atoms with Crippen LogP contribution in [0.1, 0.15) is 21.6 Å². The summed E-state index contributed by atoms with van der Waals surface area (Å²) in [5.41, 5.74) is 5.52. The predicted molar refractivity (Wildman–Crippen MR) is 93.7 cm³/mol. The molecule has 3 aromatic rings. The Balaban J connectivity index is 2.24. The van der Waals surface area contributed by atoms with Crippen LogP contribution in [-0.2, 0) is 4.74 Å². The van der Waals surface area contributed by atoms with Gasteiger partial charge in [-0.25, -0.2) is 4.79 Å². The molecule has 0 saturated carbocycles. The van der Waals surface area contributed by atoms with Gasteiger partial charge in [0.05, 0.1) is 29.8 Å². The molecule has 120 valence electrons. The maximum atomic E-state index is 12.3. The van der Waals surface area contributed by atoms with Crippen LogP contribution in [0.5, 0.6) is 0 Å². The van der Waals surface area contributed by atoms with E-state index in [1.54, 1.807) is 6.20 Å². The molecule has 24 heavy (non-hydrogen) atoms. The van der Waals surface area contributed by atoms with E-state index in [2.05, 4.69) is 9.97 Å². The number of methoxy groups -OCH3 is 1. The van der Waals surface area contributed by atoms with Crippen LogP contribution in [0.15, 0.2) is 54.7 Å². The smallest absolute Gasteiger partial charge is 0.340 e. The largest absolute Gasteiger partial charge is 0.465 e. The van der Waals surface area contributed by atoms with E-state index in [1.807, 2.05) is 62.4 Å². The first kappa shape index (κ1) is 15.9. The van der Waals surface area contributed by atoms with Gasteiger partial charge in [-0.2, -0.15) is 0 Å². The van der Waals surface area contributed by atoms with Gasteiger partial charge in [0, 0.05) is 11.8 Å². The van der Waals surface area contributed by atoms with Crippen molar-refractivity contribution in [2.24, 2.45) is 0 Å². The second-order valence-corrected chi connectivity index (χ2v) is 5.59. The zero-order valence-corrected chi connectivity index (χ0v) is 13.9. The van der Waals surface area contributed by atoms with Crippen molar-refractivity contribution in [3.8, 4) is 22.5 Å². The number of benzene rings is 1. The van der Waals surface area contributed by atoms with E-state index in [9.17, 15) is 4.79 Å². The highest BCUT2D eigenvalue weighted by molar-refractivity contribution is 5.99. The molecular weight excluding hydrogens is 300 g/mol. The molecule has 0 saturated heterocycles. The molecule has 1 aromatic carbocycles. The van der Waals surface area contributed by atoms with Gasteiger partial charge < -0.3 is 4.74 Å². The molecule has 0 aliphatic heterocycles. The number of aromatic nitrogens is 2. The third kappa shape index (κ3) is 3.04. The van der Waals surface area contributed by atoms with Gasteiger partial charge in [-0.1, -0.05) is 35.9 Å². The number of hydrogen-bond acceptors (Lipinski definition) is 4. The first-order valence-corrected chi connectivity index (χ1v) is 7.68. The van der Waals surface area contributed by atoms with Gasteiger partial charge in [0.25, 0.3) is 0 Å². The minimum atomic E-state index is -0.386. The van der Waals surface area contributed by atoms with Gasteiger partial charge >= 0.3 is 5.97 Å². The fourth-order valence-electron chi connectivity index (χ4n) is 2.64. The first-order chi connectivity index (χ1) is 11.6. The highest BCUT2D eigenvalue weighted by Gasteiger charge is 2.19. The summed E-state index contributed by atoms with van der Waals surface area (Å²) in [5, 5.41) is 0. The lowest BCUT2D eigenvalue weighted by atomic mass is 9.96. The Morgan fingerprint density at radius 2 is 1.75 bits per heavy atom. The molecule has 0 bridgehead atoms. The molecule has 0 N–H and O–H groups in total. The average Bonchev–Trinajstić information content (AvgIpc) is 2.62. The van der Waals surface area contributed by atoms with Crippen LogP contribution >= 0.6 is 0 Å². The Hall–Kier alpha value is -3.01. The van der Waals surface area contributed by atoms with Gasteiger partial charge in [-0.15, -0.1) is 0 Å². The van der Waals surface area contributed by atoms with Gasteiger partial charge in [0.1, 0.15) is 0 Å². The van der Waals surface area contributed by atoms with Crippen LogP contribution in [0, 0.1) is 13.8 Å². The van der Waals surface area contributed by atoms with Crippen molar-refractivity contribution < 1.29 is 9.53 Å². The molecule has 0 atom stereocenters. The lowest BCUT2D eigenvalue weighted by molar-refractivity contribution is 0.0600. The van der Waals surface area contributed by atoms with Crippen LogP contribution in [-0.4, -0.2) is 23.0 Å². The Labute approximate surface area is 141 Å². The Morgan fingerprint density at radius 1 is 1.00 bits per heavy atom. The molecule has 2 aromatic heterocycles. The standard InChI is InChI=1S/C20H18N2O2/c1-13-7-9-15(10-8-13)16-12-18(17-6-4-5-11-21-17)22-14(2)19(16)20(23)24-3/h4-12H,1-3H3. The van der Waals surface area contributed by atoms with Crippen molar-refractivity contribution in [3.05, 3.63) is 71.5 Å². The third-order valence-corrected chi connectivity index (χ3v) is 3.88. The third-order valence-electron chi connectivity index (χ3n) is 3.88. The second kappa shape index (κ2) is 6.62. The molecule has 0 amide bonds. The van der Waals surface area contributed by atoms with Crippen LogP contribution in [0.2, 0.25) is 0 Å². The summed E-state index contributed by atoms with van der Waals surface area (Å²) < 4.78 is 4.95. The van der Waals surface area contributed by atoms with Crippen molar-refractivity contribution in [3.63, 3.8) is 0 Å². The summed E-state index contributed by atoms with van der Waals surface area (Å²) in [6.45, 7) is 3.85. The molecule has 2 heterocycles. The molecule has 4 nitrogen and oxygen atoms in total. The normalized spacial score (nSPS) is 10.5. The Bertz CT molecular complexity index is 872. The summed E-state index contributed by atoms with van der Waals surface area (Å²) in [7, 11) is 1.38. The number of ether oxygens (including phenoxy) is 1. The van der Waals surface area contributed by atoms with Crippen LogP contribution in [0.4, 0.5) is 0 Å². The topological polar surface area (TPSA) is 52.1 Å². The minimum Gasteiger partial charge on any atom is -0.465 e. The number of esters is 1. The summed E-state index contributed by atoms with van der Waals surface area (Å²) in [4.78, 5) is 21.2. The van der Waals surface area contributed by atoms with E-state index < -0.39 is 0 Å². The summed E-state index contributed by atoms with van der Waals surface area (Å²) in [6.07, 6.45) is 1.73. The van der Waals surface area contributed by atoms with E-state index in [-0.39, 0.29) is 5.97 Å². The van der Waals surface area contributed by atoms with E-state index in [4.69, 9.17) is 4.74 Å². The summed E-state index contributed by atoms with van der Waals surface area (Å²) in [6, 6.07) is 15.6. The minimum absolute atomic E-state index is 0.386. The lowest BCUT2D eigenvalue weighted by Crippen LogP contribution is -2.09. The van der Waals surface area contributed by atoms with Crippen LogP contribution < -0.4 is 0 Å². The molecule has 0 radical (unpaired) electrons. The molecule has 0 aliphatic rings. The molecule has 3 rings (SSSR count). The van der Waals surface area contributed by atoms with Crippen molar-refractivity contribution in [1.82, 2.24) is 9.97 Å². The van der Waals surface area contributed by atoms with Crippen LogP contribution in [0.25, 0.3) is 22.5 Å². The van der Waals surface area contributed by atoms with Crippen molar-refractivity contribution >= 4 is 5.97 Å². The highest BCUT2D eigenvalue weighted by atomic mass is 16.5. The summed E-state index contributed by atoms with van der Waals surface area (Å²) >= 11 is 0. The molecule has 4 heteroatoms. The molecule has 0 fully saturated rings. The van der Waals surface area contributed by atoms with Gasteiger partial charge in [0.15, 0.2) is 0 Å². The number of hydrogen-bond donors (Lipinski definition) is 0. The fourth-order valence-corrected chi connectivity index (χ4v) is 2.64. The number of rotatable bonds is 3. The lowest BCUT2D eigenvalue weighted by Gasteiger charge is -2.13. The molecule has 0 unspecified atom stereocenters. The second-order valence-electron chi connectivity index (χ2n) is 5.59. The zero-order chi connectivity index (χ0) is 17.1. The van der Waals surface area contributed by atoms with E-state index in [1.165, 1.54) is 7.11 Å². The first-order valence-electron chi connectivity index (χ1n) is 7.68. The fraction of sp³-hybridized carbons (Fsp3) is 0.150. The maximum Gasteiger partial charge on any atom is 0.340 e. The summed E-state index contributed by atoms with van der Waals surface area (Å²) in [5.74, 6) is -0.386. The van der Waals surface area contributed by atoms with Crippen LogP contribution in [0.3, 0.4) is 0 Å². The van der Waals surface area contributed by atoms with Gasteiger partial charge in [-0.3, -0.25) is 9.97 Å². The molecule has 0 spiro atoms. The SMILES string of the molecule is COC(=O)c1c(-c2ccc(C)cc2)cc(-c2ccccn2)nc1C. The Kier molecular flexibility index (Phi) is 4.38.